The first-order valence-corrected chi connectivity index (χ1v) is 15.6. The number of benzene rings is 3. The molecule has 0 spiro atoms. The molecular weight excluding hydrogens is 662 g/mol. The highest BCUT2D eigenvalue weighted by Crippen LogP contribution is 2.31. The van der Waals surface area contributed by atoms with Crippen LogP contribution in [0.4, 0.5) is 5.69 Å². The van der Waals surface area contributed by atoms with Crippen LogP contribution in [0.25, 0.3) is 0 Å². The lowest BCUT2D eigenvalue weighted by atomic mass is 10.1. The standard InChI is InChI=1S/C29H33Br2N3O5S/c1-19(2)32-29(36)21(4)33(17-22-7-6-8-23(30)15-22)28(35)18-34(24-11-9-20(3)10-12-24)40(37,38)25-13-14-27(39-5)26(31)16-25/h6-16,19,21H,17-18H2,1-5H3,(H,32,36). The molecule has 2 amide bonds. The van der Waals surface area contributed by atoms with Crippen LogP contribution in [-0.2, 0) is 26.2 Å². The lowest BCUT2D eigenvalue weighted by Crippen LogP contribution is -2.52. The van der Waals surface area contributed by atoms with Gasteiger partial charge in [-0.15, -0.1) is 0 Å². The molecule has 8 nitrogen and oxygen atoms in total. The van der Waals surface area contributed by atoms with Crippen molar-refractivity contribution in [2.24, 2.45) is 0 Å². The third-order valence-corrected chi connectivity index (χ3v) is 9.04. The SMILES string of the molecule is COc1ccc(S(=O)(=O)N(CC(=O)N(Cc2cccc(Br)c2)C(C)C(=O)NC(C)C)c2ccc(C)cc2)cc1Br. The first-order chi connectivity index (χ1) is 18.8. The first-order valence-electron chi connectivity index (χ1n) is 12.6. The highest BCUT2D eigenvalue weighted by Gasteiger charge is 2.33. The second-order valence-electron chi connectivity index (χ2n) is 9.63. The Morgan fingerprint density at radius 1 is 0.975 bits per heavy atom. The molecule has 1 atom stereocenters. The van der Waals surface area contributed by atoms with E-state index in [4.69, 9.17) is 4.74 Å². The van der Waals surface area contributed by atoms with E-state index in [1.165, 1.54) is 24.1 Å². The number of anilines is 1. The quantitative estimate of drug-likeness (QED) is 0.279. The number of carbonyl (C=O) groups is 2. The van der Waals surface area contributed by atoms with E-state index in [9.17, 15) is 18.0 Å². The Balaban J connectivity index is 2.05. The number of methoxy groups -OCH3 is 1. The maximum absolute atomic E-state index is 14.0. The zero-order valence-electron chi connectivity index (χ0n) is 23.0. The van der Waals surface area contributed by atoms with Gasteiger partial charge in [-0.05, 0) is 91.7 Å². The Labute approximate surface area is 253 Å². The van der Waals surface area contributed by atoms with Crippen LogP contribution < -0.4 is 14.4 Å². The van der Waals surface area contributed by atoms with Crippen molar-refractivity contribution in [1.82, 2.24) is 10.2 Å². The third-order valence-electron chi connectivity index (χ3n) is 6.15. The summed E-state index contributed by atoms with van der Waals surface area (Å²) >= 11 is 6.80. The molecule has 0 saturated carbocycles. The van der Waals surface area contributed by atoms with E-state index in [1.54, 1.807) is 37.3 Å². The number of carbonyl (C=O) groups excluding carboxylic acids is 2. The fourth-order valence-electron chi connectivity index (χ4n) is 3.99. The minimum atomic E-state index is -4.20. The van der Waals surface area contributed by atoms with Crippen molar-refractivity contribution >= 4 is 59.4 Å². The van der Waals surface area contributed by atoms with Gasteiger partial charge in [-0.25, -0.2) is 8.42 Å². The van der Waals surface area contributed by atoms with Crippen LogP contribution in [0, 0.1) is 6.92 Å². The topological polar surface area (TPSA) is 96.0 Å². The van der Waals surface area contributed by atoms with Gasteiger partial charge >= 0.3 is 0 Å². The smallest absolute Gasteiger partial charge is 0.264 e. The maximum atomic E-state index is 14.0. The van der Waals surface area contributed by atoms with E-state index in [0.717, 1.165) is 19.9 Å². The highest BCUT2D eigenvalue weighted by molar-refractivity contribution is 9.10. The zero-order chi connectivity index (χ0) is 29.6. The molecule has 1 unspecified atom stereocenters. The molecule has 0 bridgehead atoms. The Hall–Kier alpha value is -2.89. The summed E-state index contributed by atoms with van der Waals surface area (Å²) in [5, 5.41) is 2.85. The van der Waals surface area contributed by atoms with Gasteiger partial charge < -0.3 is 15.0 Å². The van der Waals surface area contributed by atoms with Crippen molar-refractivity contribution < 1.29 is 22.7 Å². The Bertz CT molecular complexity index is 1460. The second-order valence-corrected chi connectivity index (χ2v) is 13.3. The normalized spacial score (nSPS) is 12.1. The molecule has 0 aliphatic heterocycles. The van der Waals surface area contributed by atoms with Gasteiger partial charge in [-0.2, -0.15) is 0 Å². The van der Waals surface area contributed by atoms with Crippen molar-refractivity contribution in [3.8, 4) is 5.75 Å². The molecule has 0 aromatic heterocycles. The van der Waals surface area contributed by atoms with Crippen LogP contribution in [0.1, 0.15) is 31.9 Å². The minimum absolute atomic E-state index is 0.0160. The summed E-state index contributed by atoms with van der Waals surface area (Å²) in [6.07, 6.45) is 0. The Morgan fingerprint density at radius 2 is 1.65 bits per heavy atom. The van der Waals surface area contributed by atoms with Crippen molar-refractivity contribution in [3.05, 3.63) is 86.8 Å². The Morgan fingerprint density at radius 3 is 2.23 bits per heavy atom. The number of halogens is 2. The second kappa shape index (κ2) is 13.6. The summed E-state index contributed by atoms with van der Waals surface area (Å²) in [7, 11) is -2.71. The van der Waals surface area contributed by atoms with Crippen molar-refractivity contribution in [3.63, 3.8) is 0 Å². The number of ether oxygens (including phenoxy) is 1. The van der Waals surface area contributed by atoms with Crippen LogP contribution in [0.15, 0.2) is 80.6 Å². The van der Waals surface area contributed by atoms with Crippen LogP contribution >= 0.6 is 31.9 Å². The number of amides is 2. The van der Waals surface area contributed by atoms with Crippen LogP contribution in [0.3, 0.4) is 0 Å². The van der Waals surface area contributed by atoms with Crippen molar-refractivity contribution in [1.29, 1.82) is 0 Å². The average Bonchev–Trinajstić information content (AvgIpc) is 2.90. The predicted octanol–water partition coefficient (Wildman–Crippen LogP) is 5.67. The number of rotatable bonds is 11. The summed E-state index contributed by atoms with van der Waals surface area (Å²) in [5.41, 5.74) is 2.05. The summed E-state index contributed by atoms with van der Waals surface area (Å²) in [6, 6.07) is 17.7. The van der Waals surface area contributed by atoms with Gasteiger partial charge in [-0.1, -0.05) is 45.8 Å². The van der Waals surface area contributed by atoms with Gasteiger partial charge in [0.15, 0.2) is 0 Å². The number of nitrogens with one attached hydrogen (secondary N) is 1. The molecule has 1 N–H and O–H groups in total. The van der Waals surface area contributed by atoms with E-state index in [0.29, 0.717) is 15.9 Å². The van der Waals surface area contributed by atoms with E-state index < -0.39 is 28.5 Å². The molecule has 0 fully saturated rings. The summed E-state index contributed by atoms with van der Waals surface area (Å²) < 4.78 is 35.6. The molecule has 3 aromatic rings. The van der Waals surface area contributed by atoms with Crippen LogP contribution in [0.5, 0.6) is 5.75 Å². The van der Waals surface area contributed by atoms with E-state index >= 15 is 0 Å². The van der Waals surface area contributed by atoms with Crippen LogP contribution in [0.2, 0.25) is 0 Å². The van der Waals surface area contributed by atoms with Gasteiger partial charge in [0.1, 0.15) is 18.3 Å². The van der Waals surface area contributed by atoms with Gasteiger partial charge in [-0.3, -0.25) is 13.9 Å². The molecule has 0 aliphatic carbocycles. The van der Waals surface area contributed by atoms with Gasteiger partial charge in [0.25, 0.3) is 10.0 Å². The van der Waals surface area contributed by atoms with E-state index in [2.05, 4.69) is 37.2 Å². The largest absolute Gasteiger partial charge is 0.496 e. The van der Waals surface area contributed by atoms with Crippen molar-refractivity contribution in [2.75, 3.05) is 18.0 Å². The monoisotopic (exact) mass is 693 g/mol. The molecule has 3 rings (SSSR count). The molecule has 40 heavy (non-hydrogen) atoms. The molecule has 0 saturated heterocycles. The molecule has 11 heteroatoms. The number of aryl methyl sites for hydroxylation is 1. The van der Waals surface area contributed by atoms with Gasteiger partial charge in [0.05, 0.1) is 22.2 Å². The molecule has 0 aliphatic rings. The summed E-state index contributed by atoms with van der Waals surface area (Å²) in [4.78, 5) is 28.3. The lowest BCUT2D eigenvalue weighted by Gasteiger charge is -2.32. The average molecular weight is 695 g/mol. The third kappa shape index (κ3) is 7.86. The number of hydrogen-bond donors (Lipinski definition) is 1. The number of nitrogens with zero attached hydrogens (tertiary/aromatic N) is 2. The molecule has 3 aromatic carbocycles. The fraction of sp³-hybridized carbons (Fsp3) is 0.310. The van der Waals surface area contributed by atoms with Gasteiger partial charge in [0.2, 0.25) is 11.8 Å². The van der Waals surface area contributed by atoms with Crippen LogP contribution in [-0.4, -0.2) is 50.9 Å². The first kappa shape index (κ1) is 31.6. The molecule has 0 heterocycles. The summed E-state index contributed by atoms with van der Waals surface area (Å²) in [5.74, 6) is -0.382. The predicted molar refractivity (Wildman–Crippen MR) is 164 cm³/mol. The maximum Gasteiger partial charge on any atom is 0.264 e. The molecular formula is C29H33Br2N3O5S. The highest BCUT2D eigenvalue weighted by atomic mass is 79.9. The zero-order valence-corrected chi connectivity index (χ0v) is 27.0. The summed E-state index contributed by atoms with van der Waals surface area (Å²) in [6.45, 7) is 6.80. The Kier molecular flexibility index (Phi) is 10.8. The number of sulfonamides is 1. The molecule has 0 radical (unpaired) electrons. The van der Waals surface area contributed by atoms with E-state index in [1.807, 2.05) is 45.0 Å². The van der Waals surface area contributed by atoms with Gasteiger partial charge in [0, 0.05) is 17.1 Å². The lowest BCUT2D eigenvalue weighted by molar-refractivity contribution is -0.139. The fourth-order valence-corrected chi connectivity index (χ4v) is 6.57. The number of hydrogen-bond acceptors (Lipinski definition) is 5. The van der Waals surface area contributed by atoms with Crippen molar-refractivity contribution in [2.45, 2.75) is 51.2 Å². The minimum Gasteiger partial charge on any atom is -0.496 e. The van der Waals surface area contributed by atoms with E-state index in [-0.39, 0.29) is 23.4 Å². The molecule has 214 valence electrons.